The molecule has 0 saturated carbocycles. The lowest BCUT2D eigenvalue weighted by Crippen LogP contribution is -2.17. The van der Waals surface area contributed by atoms with Crippen molar-refractivity contribution in [3.05, 3.63) is 82.9 Å². The lowest BCUT2D eigenvalue weighted by molar-refractivity contribution is 0.0944. The summed E-state index contributed by atoms with van der Waals surface area (Å²) in [5, 5.41) is 6.79. The number of benzene rings is 2. The minimum Gasteiger partial charge on any atom is -0.320 e. The first-order chi connectivity index (χ1) is 11.9. The second-order valence-corrected chi connectivity index (χ2v) is 5.73. The minimum absolute atomic E-state index is 0.121. The van der Waals surface area contributed by atoms with Crippen LogP contribution in [0.15, 0.2) is 54.7 Å². The normalized spacial score (nSPS) is 10.5. The van der Waals surface area contributed by atoms with Crippen molar-refractivity contribution in [1.82, 2.24) is 9.78 Å². The van der Waals surface area contributed by atoms with Gasteiger partial charge in [-0.1, -0.05) is 17.7 Å². The molecule has 0 fully saturated rings. The van der Waals surface area contributed by atoms with Gasteiger partial charge in [0, 0.05) is 17.4 Å². The number of nitrogens with zero attached hydrogens (tertiary/aromatic N) is 2. The number of aromatic nitrogens is 2. The van der Waals surface area contributed by atoms with Crippen LogP contribution >= 0.6 is 0 Å². The van der Waals surface area contributed by atoms with Gasteiger partial charge in [-0.3, -0.25) is 9.59 Å². The highest BCUT2D eigenvalue weighted by Crippen LogP contribution is 2.17. The first-order valence-electron chi connectivity index (χ1n) is 7.68. The molecule has 0 bridgehead atoms. The monoisotopic (exact) mass is 337 g/mol. The van der Waals surface area contributed by atoms with E-state index < -0.39 is 17.6 Å². The molecule has 25 heavy (non-hydrogen) atoms. The van der Waals surface area contributed by atoms with E-state index in [0.717, 1.165) is 15.8 Å². The van der Waals surface area contributed by atoms with Crippen LogP contribution in [0.5, 0.6) is 0 Å². The molecule has 5 nitrogen and oxygen atoms in total. The van der Waals surface area contributed by atoms with Crippen LogP contribution in [-0.4, -0.2) is 21.6 Å². The van der Waals surface area contributed by atoms with Gasteiger partial charge in [0.25, 0.3) is 11.8 Å². The molecule has 3 aromatic rings. The second kappa shape index (κ2) is 6.68. The maximum Gasteiger partial charge on any atom is 0.278 e. The maximum atomic E-state index is 12.9. The van der Waals surface area contributed by atoms with Gasteiger partial charge in [-0.25, -0.2) is 9.07 Å². The van der Waals surface area contributed by atoms with E-state index in [-0.39, 0.29) is 11.3 Å². The molecule has 2 aromatic carbocycles. The van der Waals surface area contributed by atoms with Crippen molar-refractivity contribution in [2.45, 2.75) is 13.8 Å². The minimum atomic E-state index is -0.439. The Labute approximate surface area is 144 Å². The fourth-order valence-electron chi connectivity index (χ4n) is 2.42. The SMILES string of the molecule is Cc1ccc(NC(=O)c2ccn(C(=O)c3ccc(F)cc3)n2)c(C)c1. The molecule has 0 aliphatic heterocycles. The van der Waals surface area contributed by atoms with Crippen molar-refractivity contribution < 1.29 is 14.0 Å². The fraction of sp³-hybridized carbons (Fsp3) is 0.105. The average Bonchev–Trinajstić information content (AvgIpc) is 3.07. The lowest BCUT2D eigenvalue weighted by Gasteiger charge is -2.07. The standard InChI is InChI=1S/C19H16FN3O2/c1-12-3-8-16(13(2)11-12)21-18(24)17-9-10-23(22-17)19(25)14-4-6-15(20)7-5-14/h3-11H,1-2H3,(H,21,24). The van der Waals surface area contributed by atoms with Crippen molar-refractivity contribution in [1.29, 1.82) is 0 Å². The predicted molar refractivity (Wildman–Crippen MR) is 92.2 cm³/mol. The van der Waals surface area contributed by atoms with Crippen LogP contribution in [-0.2, 0) is 0 Å². The van der Waals surface area contributed by atoms with Crippen LogP contribution in [0.2, 0.25) is 0 Å². The van der Waals surface area contributed by atoms with Crippen molar-refractivity contribution in [3.63, 3.8) is 0 Å². The number of aryl methyl sites for hydroxylation is 2. The summed E-state index contributed by atoms with van der Waals surface area (Å²) in [6.07, 6.45) is 1.41. The number of carbonyl (C=O) groups excluding carboxylic acids is 2. The Hall–Kier alpha value is -3.28. The summed E-state index contributed by atoms with van der Waals surface area (Å²) in [5.74, 6) is -1.27. The maximum absolute atomic E-state index is 12.9. The van der Waals surface area contributed by atoms with E-state index >= 15 is 0 Å². The van der Waals surface area contributed by atoms with Gasteiger partial charge in [0.15, 0.2) is 5.69 Å². The third-order valence-corrected chi connectivity index (χ3v) is 3.75. The highest BCUT2D eigenvalue weighted by atomic mass is 19.1. The van der Waals surface area contributed by atoms with Crippen LogP contribution in [0.25, 0.3) is 0 Å². The molecule has 0 aliphatic rings. The average molecular weight is 337 g/mol. The van der Waals surface area contributed by atoms with Gasteiger partial charge in [-0.2, -0.15) is 5.10 Å². The molecule has 6 heteroatoms. The Morgan fingerprint density at radius 1 is 1.04 bits per heavy atom. The molecule has 0 aliphatic carbocycles. The Morgan fingerprint density at radius 3 is 2.44 bits per heavy atom. The number of hydrogen-bond acceptors (Lipinski definition) is 3. The molecule has 3 rings (SSSR count). The number of nitrogens with one attached hydrogen (secondary N) is 1. The van der Waals surface area contributed by atoms with E-state index in [2.05, 4.69) is 10.4 Å². The summed E-state index contributed by atoms with van der Waals surface area (Å²) >= 11 is 0. The van der Waals surface area contributed by atoms with E-state index in [9.17, 15) is 14.0 Å². The highest BCUT2D eigenvalue weighted by molar-refractivity contribution is 6.04. The zero-order chi connectivity index (χ0) is 18.0. The molecule has 1 N–H and O–H groups in total. The van der Waals surface area contributed by atoms with Gasteiger partial charge >= 0.3 is 0 Å². The van der Waals surface area contributed by atoms with Crippen molar-refractivity contribution in [2.75, 3.05) is 5.32 Å². The van der Waals surface area contributed by atoms with Crippen LogP contribution in [0, 0.1) is 19.7 Å². The third-order valence-electron chi connectivity index (χ3n) is 3.75. The molecule has 1 aromatic heterocycles. The highest BCUT2D eigenvalue weighted by Gasteiger charge is 2.15. The summed E-state index contributed by atoms with van der Waals surface area (Å²) in [5.41, 5.74) is 3.14. The Bertz CT molecular complexity index is 946. The number of hydrogen-bond donors (Lipinski definition) is 1. The summed E-state index contributed by atoms with van der Waals surface area (Å²) in [7, 11) is 0. The van der Waals surface area contributed by atoms with Crippen LogP contribution in [0.4, 0.5) is 10.1 Å². The second-order valence-electron chi connectivity index (χ2n) is 5.73. The summed E-state index contributed by atoms with van der Waals surface area (Å²) in [6, 6.07) is 12.3. The van der Waals surface area contributed by atoms with Gasteiger partial charge in [0.1, 0.15) is 5.82 Å². The summed E-state index contributed by atoms with van der Waals surface area (Å²) < 4.78 is 14.0. The summed E-state index contributed by atoms with van der Waals surface area (Å²) in [4.78, 5) is 24.6. The predicted octanol–water partition coefficient (Wildman–Crippen LogP) is 3.58. The topological polar surface area (TPSA) is 64.0 Å². The van der Waals surface area contributed by atoms with Crippen molar-refractivity contribution in [2.24, 2.45) is 0 Å². The molecular formula is C19H16FN3O2. The first-order valence-corrected chi connectivity index (χ1v) is 7.68. The zero-order valence-electron chi connectivity index (χ0n) is 13.8. The van der Waals surface area contributed by atoms with E-state index in [0.29, 0.717) is 5.69 Å². The smallest absolute Gasteiger partial charge is 0.278 e. The van der Waals surface area contributed by atoms with E-state index in [4.69, 9.17) is 0 Å². The molecular weight excluding hydrogens is 321 g/mol. The van der Waals surface area contributed by atoms with Crippen molar-refractivity contribution in [3.8, 4) is 0 Å². The fourth-order valence-corrected chi connectivity index (χ4v) is 2.42. The van der Waals surface area contributed by atoms with E-state index in [1.807, 2.05) is 32.0 Å². The van der Waals surface area contributed by atoms with Crippen LogP contribution < -0.4 is 5.32 Å². The number of carbonyl (C=O) groups is 2. The molecule has 0 saturated heterocycles. The molecule has 0 unspecified atom stereocenters. The largest absolute Gasteiger partial charge is 0.320 e. The van der Waals surface area contributed by atoms with Gasteiger partial charge < -0.3 is 5.32 Å². The number of rotatable bonds is 3. The Morgan fingerprint density at radius 2 is 1.76 bits per heavy atom. The third kappa shape index (κ3) is 3.63. The molecule has 126 valence electrons. The molecule has 1 amide bonds. The van der Waals surface area contributed by atoms with Gasteiger partial charge in [0.05, 0.1) is 0 Å². The Kier molecular flexibility index (Phi) is 4.43. The zero-order valence-corrected chi connectivity index (χ0v) is 13.8. The molecule has 1 heterocycles. The van der Waals surface area contributed by atoms with Gasteiger partial charge in [0.2, 0.25) is 0 Å². The molecule has 0 atom stereocenters. The lowest BCUT2D eigenvalue weighted by atomic mass is 10.1. The first kappa shape index (κ1) is 16.6. The quantitative estimate of drug-likeness (QED) is 0.794. The number of amides is 1. The van der Waals surface area contributed by atoms with Crippen LogP contribution in [0.1, 0.15) is 32.0 Å². The molecule has 0 radical (unpaired) electrons. The number of anilines is 1. The van der Waals surface area contributed by atoms with Gasteiger partial charge in [-0.15, -0.1) is 0 Å². The Balaban J connectivity index is 1.77. The summed E-state index contributed by atoms with van der Waals surface area (Å²) in [6.45, 7) is 3.88. The molecule has 0 spiro atoms. The van der Waals surface area contributed by atoms with Crippen LogP contribution in [0.3, 0.4) is 0 Å². The van der Waals surface area contributed by atoms with E-state index in [1.165, 1.54) is 36.5 Å². The van der Waals surface area contributed by atoms with Crippen molar-refractivity contribution >= 4 is 17.5 Å². The van der Waals surface area contributed by atoms with Gasteiger partial charge in [-0.05, 0) is 55.8 Å². The van der Waals surface area contributed by atoms with E-state index in [1.54, 1.807) is 0 Å². The number of halogens is 1.